The summed E-state index contributed by atoms with van der Waals surface area (Å²) in [4.78, 5) is 27.4. The van der Waals surface area contributed by atoms with Gasteiger partial charge in [-0.2, -0.15) is 0 Å². The Balaban J connectivity index is 2.20. The third-order valence-corrected chi connectivity index (χ3v) is 5.53. The number of nitrogens with zero attached hydrogens (tertiary/aromatic N) is 1. The predicted molar refractivity (Wildman–Crippen MR) is 125 cm³/mol. The number of rotatable bonds is 8. The second-order valence-corrected chi connectivity index (χ2v) is 9.34. The summed E-state index contributed by atoms with van der Waals surface area (Å²) >= 11 is 3.45. The van der Waals surface area contributed by atoms with Crippen molar-refractivity contribution in [2.24, 2.45) is 0 Å². The van der Waals surface area contributed by atoms with E-state index in [1.54, 1.807) is 20.1 Å². The van der Waals surface area contributed by atoms with E-state index in [-0.39, 0.29) is 25.0 Å². The predicted octanol–water partition coefficient (Wildman–Crippen LogP) is 4.48. The first-order valence-corrected chi connectivity index (χ1v) is 10.9. The van der Waals surface area contributed by atoms with E-state index in [9.17, 15) is 9.59 Å². The molecule has 0 heterocycles. The van der Waals surface area contributed by atoms with Crippen molar-refractivity contribution in [3.8, 4) is 11.5 Å². The Morgan fingerprint density at radius 3 is 2.45 bits per heavy atom. The fourth-order valence-electron chi connectivity index (χ4n) is 2.96. The molecule has 2 rings (SSSR count). The van der Waals surface area contributed by atoms with Gasteiger partial charge >= 0.3 is 0 Å². The van der Waals surface area contributed by atoms with Gasteiger partial charge in [0.1, 0.15) is 17.5 Å². The van der Waals surface area contributed by atoms with E-state index in [1.165, 1.54) is 4.90 Å². The van der Waals surface area contributed by atoms with Gasteiger partial charge in [0.2, 0.25) is 5.91 Å². The molecule has 0 radical (unpaired) electrons. The summed E-state index contributed by atoms with van der Waals surface area (Å²) < 4.78 is 12.0. The highest BCUT2D eigenvalue weighted by Gasteiger charge is 2.28. The number of carbonyl (C=O) groups is 2. The first-order valence-electron chi connectivity index (χ1n) is 10.1. The quantitative estimate of drug-likeness (QED) is 0.592. The average molecular weight is 491 g/mol. The lowest BCUT2D eigenvalue weighted by molar-refractivity contribution is -0.142. The van der Waals surface area contributed by atoms with Crippen LogP contribution in [0.5, 0.6) is 11.5 Å². The summed E-state index contributed by atoms with van der Waals surface area (Å²) in [5, 5.41) is 2.95. The second kappa shape index (κ2) is 10.7. The normalized spacial score (nSPS) is 12.1. The minimum Gasteiger partial charge on any atom is -0.497 e. The Morgan fingerprint density at radius 2 is 1.84 bits per heavy atom. The summed E-state index contributed by atoms with van der Waals surface area (Å²) in [6.07, 6.45) is 0. The highest BCUT2D eigenvalue weighted by atomic mass is 79.9. The van der Waals surface area contributed by atoms with Crippen LogP contribution < -0.4 is 14.8 Å². The Morgan fingerprint density at radius 1 is 1.13 bits per heavy atom. The Bertz CT molecular complexity index is 924. The van der Waals surface area contributed by atoms with Crippen molar-refractivity contribution < 1.29 is 19.1 Å². The molecule has 2 amide bonds. The number of aryl methyl sites for hydroxylation is 1. The number of methoxy groups -OCH3 is 1. The summed E-state index contributed by atoms with van der Waals surface area (Å²) in [5.74, 6) is 0.795. The van der Waals surface area contributed by atoms with Gasteiger partial charge in [-0.3, -0.25) is 9.59 Å². The van der Waals surface area contributed by atoms with Crippen molar-refractivity contribution >= 4 is 27.7 Å². The van der Waals surface area contributed by atoms with Crippen molar-refractivity contribution in [1.82, 2.24) is 10.2 Å². The van der Waals surface area contributed by atoms with Gasteiger partial charge in [0, 0.05) is 16.6 Å². The minimum absolute atomic E-state index is 0.168. The Hall–Kier alpha value is -2.54. The third-order valence-electron chi connectivity index (χ3n) is 4.64. The largest absolute Gasteiger partial charge is 0.497 e. The van der Waals surface area contributed by atoms with E-state index in [2.05, 4.69) is 21.2 Å². The maximum atomic E-state index is 13.1. The van der Waals surface area contributed by atoms with Crippen LogP contribution in [-0.4, -0.2) is 42.0 Å². The molecule has 0 saturated heterocycles. The average Bonchev–Trinajstić information content (AvgIpc) is 2.71. The van der Waals surface area contributed by atoms with Crippen LogP contribution in [0, 0.1) is 6.92 Å². The molecular formula is C24H31BrN2O4. The minimum atomic E-state index is -0.673. The van der Waals surface area contributed by atoms with Crippen LogP contribution in [0.2, 0.25) is 0 Å². The summed E-state index contributed by atoms with van der Waals surface area (Å²) in [6, 6.07) is 12.3. The maximum Gasteiger partial charge on any atom is 0.261 e. The van der Waals surface area contributed by atoms with Crippen molar-refractivity contribution in [2.75, 3.05) is 13.7 Å². The van der Waals surface area contributed by atoms with Crippen LogP contribution in [-0.2, 0) is 16.1 Å². The van der Waals surface area contributed by atoms with Crippen LogP contribution in [0.15, 0.2) is 46.9 Å². The summed E-state index contributed by atoms with van der Waals surface area (Å²) in [6.45, 7) is 9.49. The van der Waals surface area contributed by atoms with E-state index in [1.807, 2.05) is 64.1 Å². The lowest BCUT2D eigenvalue weighted by atomic mass is 10.1. The molecule has 2 aromatic rings. The smallest absolute Gasteiger partial charge is 0.261 e. The molecule has 0 aliphatic carbocycles. The van der Waals surface area contributed by atoms with E-state index in [0.29, 0.717) is 11.5 Å². The Labute approximate surface area is 193 Å². The zero-order valence-electron chi connectivity index (χ0n) is 19.0. The van der Waals surface area contributed by atoms with Gasteiger partial charge in [0.05, 0.1) is 7.11 Å². The number of ether oxygens (including phenoxy) is 2. The fourth-order valence-corrected chi connectivity index (χ4v) is 3.21. The zero-order chi connectivity index (χ0) is 23.2. The number of halogens is 1. The number of nitrogens with one attached hydrogen (secondary N) is 1. The van der Waals surface area contributed by atoms with Crippen molar-refractivity contribution in [3.63, 3.8) is 0 Å². The molecule has 0 bridgehead atoms. The van der Waals surface area contributed by atoms with Gasteiger partial charge in [0.15, 0.2) is 6.61 Å². The van der Waals surface area contributed by atoms with Gasteiger partial charge in [-0.15, -0.1) is 0 Å². The van der Waals surface area contributed by atoms with Gasteiger partial charge in [-0.25, -0.2) is 0 Å². The van der Waals surface area contributed by atoms with E-state index in [0.717, 1.165) is 15.6 Å². The van der Waals surface area contributed by atoms with E-state index in [4.69, 9.17) is 9.47 Å². The molecule has 0 aliphatic rings. The molecule has 0 spiro atoms. The second-order valence-electron chi connectivity index (χ2n) is 8.49. The van der Waals surface area contributed by atoms with Gasteiger partial charge in [-0.05, 0) is 76.1 Å². The molecule has 0 fully saturated rings. The van der Waals surface area contributed by atoms with Crippen molar-refractivity contribution in [1.29, 1.82) is 0 Å². The molecule has 1 N–H and O–H groups in total. The van der Waals surface area contributed by atoms with E-state index < -0.39 is 11.6 Å². The highest BCUT2D eigenvalue weighted by molar-refractivity contribution is 9.10. The number of hydrogen-bond acceptors (Lipinski definition) is 4. The summed E-state index contributed by atoms with van der Waals surface area (Å²) in [5.41, 5.74) is 1.47. The number of amides is 2. The van der Waals surface area contributed by atoms with Crippen LogP contribution >= 0.6 is 15.9 Å². The van der Waals surface area contributed by atoms with Crippen molar-refractivity contribution in [3.05, 3.63) is 58.1 Å². The maximum absolute atomic E-state index is 13.1. The summed E-state index contributed by atoms with van der Waals surface area (Å²) in [7, 11) is 1.59. The van der Waals surface area contributed by atoms with Crippen molar-refractivity contribution in [2.45, 2.75) is 52.7 Å². The standard InChI is InChI=1S/C24H31BrN2O4/c1-16-12-20(10-11-21(16)25)31-15-22(28)27(17(2)23(29)26-24(3,4)5)14-18-8-7-9-19(13-18)30-6/h7-13,17H,14-15H2,1-6H3,(H,26,29). The lowest BCUT2D eigenvalue weighted by Gasteiger charge is -2.31. The fraction of sp³-hybridized carbons (Fsp3) is 0.417. The third kappa shape index (κ3) is 7.58. The van der Waals surface area contributed by atoms with Gasteiger partial charge in [0.25, 0.3) is 5.91 Å². The Kier molecular flexibility index (Phi) is 8.51. The molecule has 0 aromatic heterocycles. The zero-order valence-corrected chi connectivity index (χ0v) is 20.6. The molecule has 6 nitrogen and oxygen atoms in total. The van der Waals surface area contributed by atoms with Crippen LogP contribution in [0.4, 0.5) is 0 Å². The van der Waals surface area contributed by atoms with Crippen LogP contribution in [0.25, 0.3) is 0 Å². The molecule has 0 aliphatic heterocycles. The molecule has 1 atom stereocenters. The van der Waals surface area contributed by atoms with Gasteiger partial charge in [-0.1, -0.05) is 28.1 Å². The molecule has 168 valence electrons. The number of benzene rings is 2. The number of hydrogen-bond donors (Lipinski definition) is 1. The molecule has 2 aromatic carbocycles. The van der Waals surface area contributed by atoms with Gasteiger partial charge < -0.3 is 19.7 Å². The lowest BCUT2D eigenvalue weighted by Crippen LogP contribution is -2.53. The molecule has 7 heteroatoms. The first kappa shape index (κ1) is 24.7. The molecule has 31 heavy (non-hydrogen) atoms. The molecule has 0 saturated carbocycles. The topological polar surface area (TPSA) is 67.9 Å². The highest BCUT2D eigenvalue weighted by Crippen LogP contribution is 2.22. The molecular weight excluding hydrogens is 460 g/mol. The molecule has 1 unspecified atom stereocenters. The number of carbonyl (C=O) groups excluding carboxylic acids is 2. The SMILES string of the molecule is COc1cccc(CN(C(=O)COc2ccc(Br)c(C)c2)C(C)C(=O)NC(C)(C)C)c1. The van der Waals surface area contributed by atoms with Crippen LogP contribution in [0.1, 0.15) is 38.8 Å². The van der Waals surface area contributed by atoms with E-state index >= 15 is 0 Å². The van der Waals surface area contributed by atoms with Crippen LogP contribution in [0.3, 0.4) is 0 Å². The first-order chi connectivity index (χ1) is 14.5. The monoisotopic (exact) mass is 490 g/mol.